The van der Waals surface area contributed by atoms with Gasteiger partial charge in [0.25, 0.3) is 5.91 Å². The number of aryl methyl sites for hydroxylation is 2. The molecule has 0 aliphatic rings. The quantitative estimate of drug-likeness (QED) is 0.731. The van der Waals surface area contributed by atoms with E-state index >= 15 is 0 Å². The van der Waals surface area contributed by atoms with E-state index in [1.165, 1.54) is 31.3 Å². The summed E-state index contributed by atoms with van der Waals surface area (Å²) < 4.78 is 44.5. The van der Waals surface area contributed by atoms with Crippen molar-refractivity contribution < 1.29 is 27.1 Å². The Balaban J connectivity index is 2.02. The Morgan fingerprint density at radius 1 is 1.07 bits per heavy atom. The van der Waals surface area contributed by atoms with Crippen LogP contribution < -0.4 is 10.0 Å². The van der Waals surface area contributed by atoms with Crippen LogP contribution in [0.2, 0.25) is 0 Å². The summed E-state index contributed by atoms with van der Waals surface area (Å²) in [5.41, 5.74) is 1.12. The second-order valence-electron chi connectivity index (χ2n) is 5.78. The molecule has 7 nitrogen and oxygen atoms in total. The molecule has 0 saturated heterocycles. The third kappa shape index (κ3) is 5.11. The number of hydrogen-bond acceptors (Lipinski definition) is 5. The highest BCUT2D eigenvalue weighted by molar-refractivity contribution is 7.89. The molecule has 0 spiro atoms. The topological polar surface area (TPSA) is 102 Å². The van der Waals surface area contributed by atoms with Crippen LogP contribution in [0.15, 0.2) is 41.3 Å². The minimum absolute atomic E-state index is 0.0105. The van der Waals surface area contributed by atoms with Gasteiger partial charge in [0.2, 0.25) is 10.0 Å². The second-order valence-corrected chi connectivity index (χ2v) is 7.63. The van der Waals surface area contributed by atoms with Crippen molar-refractivity contribution in [3.63, 3.8) is 0 Å². The van der Waals surface area contributed by atoms with Crippen molar-refractivity contribution in [3.05, 3.63) is 58.9 Å². The summed E-state index contributed by atoms with van der Waals surface area (Å²) in [5.74, 6) is -2.05. The molecule has 0 radical (unpaired) electrons. The molecule has 0 aliphatic heterocycles. The van der Waals surface area contributed by atoms with Crippen molar-refractivity contribution in [1.29, 1.82) is 0 Å². The van der Waals surface area contributed by atoms with Crippen LogP contribution in [0.25, 0.3) is 0 Å². The lowest BCUT2D eigenvalue weighted by Crippen LogP contribution is -2.22. The van der Waals surface area contributed by atoms with Crippen molar-refractivity contribution in [1.82, 2.24) is 4.72 Å². The van der Waals surface area contributed by atoms with Crippen molar-refractivity contribution in [2.24, 2.45) is 0 Å². The summed E-state index contributed by atoms with van der Waals surface area (Å²) in [6.45, 7) is 2.58. The van der Waals surface area contributed by atoms with Crippen LogP contribution in [0.4, 0.5) is 10.1 Å². The van der Waals surface area contributed by atoms with E-state index in [4.69, 9.17) is 4.74 Å². The molecule has 27 heavy (non-hydrogen) atoms. The van der Waals surface area contributed by atoms with Gasteiger partial charge in [-0.3, -0.25) is 4.79 Å². The number of amides is 1. The molecule has 0 fully saturated rings. The summed E-state index contributed by atoms with van der Waals surface area (Å²) in [7, 11) is -2.39. The summed E-state index contributed by atoms with van der Waals surface area (Å²) in [6, 6.07) is 8.23. The first-order valence-electron chi connectivity index (χ1n) is 7.91. The lowest BCUT2D eigenvalue weighted by Gasteiger charge is -2.11. The normalized spacial score (nSPS) is 11.1. The zero-order valence-corrected chi connectivity index (χ0v) is 15.8. The van der Waals surface area contributed by atoms with E-state index in [-0.39, 0.29) is 16.1 Å². The molecule has 9 heteroatoms. The number of sulfonamides is 1. The minimum Gasteiger partial charge on any atom is -0.452 e. The smallest absolute Gasteiger partial charge is 0.338 e. The van der Waals surface area contributed by atoms with Gasteiger partial charge in [-0.1, -0.05) is 12.1 Å². The second kappa shape index (κ2) is 8.28. The number of ether oxygens (including phenoxy) is 1. The molecule has 0 atom stereocenters. The summed E-state index contributed by atoms with van der Waals surface area (Å²) >= 11 is 0. The lowest BCUT2D eigenvalue weighted by atomic mass is 10.1. The molecule has 0 aromatic heterocycles. The molecular weight excluding hydrogens is 375 g/mol. The Kier molecular flexibility index (Phi) is 6.29. The van der Waals surface area contributed by atoms with Crippen LogP contribution in [0.3, 0.4) is 0 Å². The van der Waals surface area contributed by atoms with Gasteiger partial charge in [0.15, 0.2) is 6.61 Å². The van der Waals surface area contributed by atoms with Crippen LogP contribution in [0.1, 0.15) is 21.5 Å². The van der Waals surface area contributed by atoms with E-state index in [0.717, 1.165) is 6.07 Å². The molecular formula is C18H19FN2O5S. The van der Waals surface area contributed by atoms with Crippen molar-refractivity contribution in [2.75, 3.05) is 19.0 Å². The number of esters is 1. The van der Waals surface area contributed by atoms with Gasteiger partial charge in [0.1, 0.15) is 5.82 Å². The summed E-state index contributed by atoms with van der Waals surface area (Å²) in [5, 5.41) is 2.45. The maximum Gasteiger partial charge on any atom is 0.338 e. The average molecular weight is 394 g/mol. The maximum atomic E-state index is 13.5. The van der Waals surface area contributed by atoms with Gasteiger partial charge in [0, 0.05) is 5.69 Å². The van der Waals surface area contributed by atoms with Gasteiger partial charge < -0.3 is 10.1 Å². The van der Waals surface area contributed by atoms with Gasteiger partial charge in [0.05, 0.1) is 10.5 Å². The van der Waals surface area contributed by atoms with E-state index in [2.05, 4.69) is 10.0 Å². The van der Waals surface area contributed by atoms with Gasteiger partial charge in [-0.15, -0.1) is 0 Å². The first-order chi connectivity index (χ1) is 12.6. The molecule has 0 saturated carbocycles. The molecule has 2 N–H and O–H groups in total. The van der Waals surface area contributed by atoms with Gasteiger partial charge in [-0.05, 0) is 56.3 Å². The largest absolute Gasteiger partial charge is 0.452 e. The molecule has 0 unspecified atom stereocenters. The van der Waals surface area contributed by atoms with Gasteiger partial charge >= 0.3 is 5.97 Å². The maximum absolute atomic E-state index is 13.5. The highest BCUT2D eigenvalue weighted by atomic mass is 32.2. The van der Waals surface area contributed by atoms with E-state index in [1.807, 2.05) is 0 Å². The molecule has 144 valence electrons. The monoisotopic (exact) mass is 394 g/mol. The fraction of sp³-hybridized carbons (Fsp3) is 0.222. The Labute approximate surface area is 156 Å². The number of benzene rings is 2. The van der Waals surface area contributed by atoms with Crippen LogP contribution >= 0.6 is 0 Å². The molecule has 0 heterocycles. The predicted molar refractivity (Wildman–Crippen MR) is 97.5 cm³/mol. The zero-order chi connectivity index (χ0) is 20.2. The number of halogens is 1. The Bertz CT molecular complexity index is 989. The Morgan fingerprint density at radius 3 is 2.37 bits per heavy atom. The van der Waals surface area contributed by atoms with Gasteiger partial charge in [-0.2, -0.15) is 0 Å². The first-order valence-corrected chi connectivity index (χ1v) is 9.39. The lowest BCUT2D eigenvalue weighted by molar-refractivity contribution is -0.119. The number of carbonyl (C=O) groups is 2. The van der Waals surface area contributed by atoms with Crippen LogP contribution in [-0.2, 0) is 19.6 Å². The fourth-order valence-electron chi connectivity index (χ4n) is 2.21. The van der Waals surface area contributed by atoms with Crippen molar-refractivity contribution in [2.45, 2.75) is 18.7 Å². The first kappa shape index (κ1) is 20.5. The van der Waals surface area contributed by atoms with E-state index < -0.39 is 34.3 Å². The number of rotatable bonds is 6. The highest BCUT2D eigenvalue weighted by Gasteiger charge is 2.16. The third-order valence-corrected chi connectivity index (χ3v) is 5.33. The number of nitrogens with one attached hydrogen (secondary N) is 2. The predicted octanol–water partition coefficient (Wildman–Crippen LogP) is 2.15. The summed E-state index contributed by atoms with van der Waals surface area (Å²) in [4.78, 5) is 23.9. The number of anilines is 1. The van der Waals surface area contributed by atoms with Crippen molar-refractivity contribution >= 4 is 27.6 Å². The third-order valence-electron chi connectivity index (χ3n) is 3.77. The number of hydrogen-bond donors (Lipinski definition) is 2. The fourth-order valence-corrected chi connectivity index (χ4v) is 3.20. The van der Waals surface area contributed by atoms with Gasteiger partial charge in [-0.25, -0.2) is 22.3 Å². The molecule has 1 amide bonds. The highest BCUT2D eigenvalue weighted by Crippen LogP contribution is 2.20. The molecule has 2 rings (SSSR count). The van der Waals surface area contributed by atoms with E-state index in [9.17, 15) is 22.4 Å². The average Bonchev–Trinajstić information content (AvgIpc) is 2.63. The Morgan fingerprint density at radius 2 is 1.74 bits per heavy atom. The standard InChI is InChI=1S/C18H19FN2O5S/c1-11-4-6-13(8-15(11)19)18(23)26-10-17(22)21-14-7-5-12(2)16(9-14)27(24,25)20-3/h4-9,20H,10H2,1-3H3,(H,21,22). The van der Waals surface area contributed by atoms with Crippen LogP contribution in [0.5, 0.6) is 0 Å². The number of carbonyl (C=O) groups excluding carboxylic acids is 2. The zero-order valence-electron chi connectivity index (χ0n) is 15.0. The van der Waals surface area contributed by atoms with Crippen LogP contribution in [0, 0.1) is 19.7 Å². The summed E-state index contributed by atoms with van der Waals surface area (Å²) in [6.07, 6.45) is 0. The van der Waals surface area contributed by atoms with E-state index in [1.54, 1.807) is 19.9 Å². The van der Waals surface area contributed by atoms with Crippen molar-refractivity contribution in [3.8, 4) is 0 Å². The van der Waals surface area contributed by atoms with Crippen LogP contribution in [-0.4, -0.2) is 33.9 Å². The molecule has 0 bridgehead atoms. The SMILES string of the molecule is CNS(=O)(=O)c1cc(NC(=O)COC(=O)c2ccc(C)c(F)c2)ccc1C. The molecule has 2 aromatic rings. The minimum atomic E-state index is -3.68. The molecule has 2 aromatic carbocycles. The molecule has 0 aliphatic carbocycles. The Hall–Kier alpha value is -2.78. The van der Waals surface area contributed by atoms with E-state index in [0.29, 0.717) is 11.1 Å².